The van der Waals surface area contributed by atoms with Gasteiger partial charge in [0, 0.05) is 12.6 Å². The van der Waals surface area contributed by atoms with Crippen molar-refractivity contribution in [3.63, 3.8) is 0 Å². The molecule has 0 amide bonds. The molecule has 1 aromatic heterocycles. The Labute approximate surface area is 180 Å². The smallest absolute Gasteiger partial charge is 0.232 e. The number of nitrogens with one attached hydrogen (secondary N) is 1. The van der Waals surface area contributed by atoms with E-state index < -0.39 is 0 Å². The van der Waals surface area contributed by atoms with Crippen LogP contribution in [0, 0.1) is 11.3 Å². The van der Waals surface area contributed by atoms with Crippen molar-refractivity contribution >= 4 is 18.0 Å². The fourth-order valence-electron chi connectivity index (χ4n) is 2.89. The van der Waals surface area contributed by atoms with E-state index in [4.69, 9.17) is 23.4 Å². The minimum atomic E-state index is 0.179. The molecule has 0 saturated heterocycles. The maximum Gasteiger partial charge on any atom is 0.232 e. The Morgan fingerprint density at radius 1 is 0.968 bits per heavy atom. The van der Waals surface area contributed by atoms with Crippen molar-refractivity contribution in [3.05, 3.63) is 59.1 Å². The van der Waals surface area contributed by atoms with Crippen molar-refractivity contribution in [1.82, 2.24) is 4.98 Å². The van der Waals surface area contributed by atoms with E-state index in [0.29, 0.717) is 35.6 Å². The van der Waals surface area contributed by atoms with E-state index in [1.165, 1.54) is 0 Å². The third kappa shape index (κ3) is 5.08. The van der Waals surface area contributed by atoms with Gasteiger partial charge in [-0.15, -0.1) is 0 Å². The van der Waals surface area contributed by atoms with Gasteiger partial charge in [-0.3, -0.25) is 0 Å². The third-order valence-corrected chi connectivity index (χ3v) is 4.47. The molecule has 0 unspecified atom stereocenters. The van der Waals surface area contributed by atoms with Crippen LogP contribution in [0.15, 0.2) is 40.8 Å². The van der Waals surface area contributed by atoms with E-state index in [9.17, 15) is 5.26 Å². The Hall–Kier alpha value is -4.12. The van der Waals surface area contributed by atoms with Crippen LogP contribution < -0.4 is 24.3 Å². The van der Waals surface area contributed by atoms with Crippen LogP contribution in [0.2, 0.25) is 0 Å². The van der Waals surface area contributed by atoms with Crippen molar-refractivity contribution in [1.29, 1.82) is 5.26 Å². The van der Waals surface area contributed by atoms with Gasteiger partial charge >= 0.3 is 0 Å². The molecule has 0 fully saturated rings. The molecule has 0 aliphatic rings. The van der Waals surface area contributed by atoms with Gasteiger partial charge in [-0.25, -0.2) is 0 Å². The van der Waals surface area contributed by atoms with Crippen LogP contribution in [-0.2, 0) is 6.54 Å². The second kappa shape index (κ2) is 10.1. The average Bonchev–Trinajstić information content (AvgIpc) is 3.23. The van der Waals surface area contributed by atoms with Gasteiger partial charge in [-0.1, -0.05) is 12.1 Å². The Morgan fingerprint density at radius 3 is 2.19 bits per heavy atom. The van der Waals surface area contributed by atoms with Gasteiger partial charge in [0.1, 0.15) is 11.8 Å². The van der Waals surface area contributed by atoms with Crippen LogP contribution in [0.25, 0.3) is 12.2 Å². The summed E-state index contributed by atoms with van der Waals surface area (Å²) in [5, 5.41) is 12.5. The SMILES string of the molecule is COc1ccc(CNc2oc(C=Cc3cc(OC)c(OC)c(OC)c3)nc2C#N)cc1. The number of ether oxygens (including phenoxy) is 4. The molecule has 160 valence electrons. The van der Waals surface area contributed by atoms with Gasteiger partial charge in [-0.2, -0.15) is 10.2 Å². The molecule has 0 radical (unpaired) electrons. The predicted molar refractivity (Wildman–Crippen MR) is 117 cm³/mol. The number of nitrogens with zero attached hydrogens (tertiary/aromatic N) is 2. The zero-order valence-corrected chi connectivity index (χ0v) is 17.8. The first kappa shape index (κ1) is 21.6. The molecule has 3 aromatic rings. The largest absolute Gasteiger partial charge is 0.497 e. The molecule has 0 saturated carbocycles. The molecule has 0 bridgehead atoms. The summed E-state index contributed by atoms with van der Waals surface area (Å²) in [6.45, 7) is 0.476. The highest BCUT2D eigenvalue weighted by Crippen LogP contribution is 2.38. The fourth-order valence-corrected chi connectivity index (χ4v) is 2.89. The number of aromatic nitrogens is 1. The summed E-state index contributed by atoms with van der Waals surface area (Å²) >= 11 is 0. The van der Waals surface area contributed by atoms with Crippen molar-refractivity contribution in [2.24, 2.45) is 0 Å². The zero-order valence-electron chi connectivity index (χ0n) is 17.8. The number of benzene rings is 2. The maximum atomic E-state index is 9.38. The minimum absolute atomic E-state index is 0.179. The monoisotopic (exact) mass is 421 g/mol. The normalized spacial score (nSPS) is 10.5. The van der Waals surface area contributed by atoms with Gasteiger partial charge in [-0.05, 0) is 41.5 Å². The predicted octanol–water partition coefficient (Wildman–Crippen LogP) is 4.36. The van der Waals surface area contributed by atoms with E-state index in [1.807, 2.05) is 30.3 Å². The lowest BCUT2D eigenvalue weighted by molar-refractivity contribution is 0.324. The summed E-state index contributed by atoms with van der Waals surface area (Å²) in [6, 6.07) is 13.2. The molecule has 1 N–H and O–H groups in total. The minimum Gasteiger partial charge on any atom is -0.497 e. The number of hydrogen-bond donors (Lipinski definition) is 1. The highest BCUT2D eigenvalue weighted by molar-refractivity contribution is 5.71. The topological polar surface area (TPSA) is 98.8 Å². The number of oxazole rings is 1. The fraction of sp³-hybridized carbons (Fsp3) is 0.217. The molecule has 1 heterocycles. The summed E-state index contributed by atoms with van der Waals surface area (Å²) in [4.78, 5) is 4.22. The summed E-state index contributed by atoms with van der Waals surface area (Å²) in [6.07, 6.45) is 3.45. The van der Waals surface area contributed by atoms with Crippen LogP contribution in [-0.4, -0.2) is 33.4 Å². The van der Waals surface area contributed by atoms with Crippen molar-refractivity contribution in [2.75, 3.05) is 33.8 Å². The summed E-state index contributed by atoms with van der Waals surface area (Å²) in [7, 11) is 6.28. The quantitative estimate of drug-likeness (QED) is 0.544. The van der Waals surface area contributed by atoms with E-state index in [-0.39, 0.29) is 5.69 Å². The molecule has 3 rings (SSSR count). The van der Waals surface area contributed by atoms with Crippen LogP contribution in [0.1, 0.15) is 22.7 Å². The van der Waals surface area contributed by atoms with E-state index in [1.54, 1.807) is 52.7 Å². The van der Waals surface area contributed by atoms with Gasteiger partial charge in [0.2, 0.25) is 23.2 Å². The maximum absolute atomic E-state index is 9.38. The van der Waals surface area contributed by atoms with Crippen LogP contribution >= 0.6 is 0 Å². The van der Waals surface area contributed by atoms with Gasteiger partial charge in [0.05, 0.1) is 28.4 Å². The summed E-state index contributed by atoms with van der Waals surface area (Å²) in [5.41, 5.74) is 1.98. The second-order valence-electron chi connectivity index (χ2n) is 6.34. The zero-order chi connectivity index (χ0) is 22.2. The Bertz CT molecular complexity index is 1070. The van der Waals surface area contributed by atoms with Gasteiger partial charge in [0.25, 0.3) is 0 Å². The highest BCUT2D eigenvalue weighted by atomic mass is 16.5. The first-order valence-corrected chi connectivity index (χ1v) is 9.37. The van der Waals surface area contributed by atoms with E-state index >= 15 is 0 Å². The molecule has 31 heavy (non-hydrogen) atoms. The average molecular weight is 421 g/mol. The first-order chi connectivity index (χ1) is 15.1. The molecule has 0 aliphatic heterocycles. The molecular formula is C23H23N3O5. The summed E-state index contributed by atoms with van der Waals surface area (Å²) < 4.78 is 26.9. The van der Waals surface area contributed by atoms with Crippen molar-refractivity contribution in [2.45, 2.75) is 6.54 Å². The second-order valence-corrected chi connectivity index (χ2v) is 6.34. The molecule has 8 heteroatoms. The molecule has 0 spiro atoms. The van der Waals surface area contributed by atoms with E-state index in [0.717, 1.165) is 16.9 Å². The Morgan fingerprint density at radius 2 is 1.65 bits per heavy atom. The number of anilines is 1. The van der Waals surface area contributed by atoms with Crippen molar-refractivity contribution < 1.29 is 23.4 Å². The molecular weight excluding hydrogens is 398 g/mol. The lowest BCUT2D eigenvalue weighted by atomic mass is 10.1. The lowest BCUT2D eigenvalue weighted by Crippen LogP contribution is -1.99. The molecule has 0 atom stereocenters. The standard InChI is InChI=1S/C23H23N3O5/c1-27-17-8-5-15(6-9-17)14-25-23-18(13-24)26-21(31-23)10-7-16-11-19(28-2)22(30-4)20(12-16)29-3/h5-12,25H,14H2,1-4H3. The number of hydrogen-bond acceptors (Lipinski definition) is 8. The van der Waals surface area contributed by atoms with Crippen LogP contribution in [0.4, 0.5) is 5.88 Å². The number of nitriles is 1. The first-order valence-electron chi connectivity index (χ1n) is 9.37. The van der Waals surface area contributed by atoms with Gasteiger partial charge in [0.15, 0.2) is 11.5 Å². The lowest BCUT2D eigenvalue weighted by Gasteiger charge is -2.12. The Balaban J connectivity index is 1.77. The molecule has 2 aromatic carbocycles. The van der Waals surface area contributed by atoms with Crippen LogP contribution in [0.3, 0.4) is 0 Å². The number of methoxy groups -OCH3 is 4. The van der Waals surface area contributed by atoms with E-state index in [2.05, 4.69) is 10.3 Å². The summed E-state index contributed by atoms with van der Waals surface area (Å²) in [5.74, 6) is 2.96. The molecule has 8 nitrogen and oxygen atoms in total. The Kier molecular flexibility index (Phi) is 7.01. The van der Waals surface area contributed by atoms with Crippen LogP contribution in [0.5, 0.6) is 23.0 Å². The highest BCUT2D eigenvalue weighted by Gasteiger charge is 2.13. The van der Waals surface area contributed by atoms with Crippen molar-refractivity contribution in [3.8, 4) is 29.1 Å². The number of rotatable bonds is 9. The molecule has 0 aliphatic carbocycles. The third-order valence-electron chi connectivity index (χ3n) is 4.47. The van der Waals surface area contributed by atoms with Gasteiger partial charge < -0.3 is 28.7 Å².